The summed E-state index contributed by atoms with van der Waals surface area (Å²) < 4.78 is 5.09. The van der Waals surface area contributed by atoms with Crippen LogP contribution in [0.25, 0.3) is 11.0 Å². The molecule has 2 heterocycles. The summed E-state index contributed by atoms with van der Waals surface area (Å²) in [6.45, 7) is 3.63. The molecule has 0 aliphatic heterocycles. The molecule has 0 bridgehead atoms. The number of nitrogen functional groups attached to an aromatic ring is 1. The number of benzene rings is 1. The van der Waals surface area contributed by atoms with Gasteiger partial charge in [-0.15, -0.1) is 0 Å². The molecule has 0 atom stereocenters. The van der Waals surface area contributed by atoms with E-state index >= 15 is 0 Å². The Morgan fingerprint density at radius 2 is 1.85 bits per heavy atom. The molecule has 0 fully saturated rings. The molecule has 2 amide bonds. The van der Waals surface area contributed by atoms with Gasteiger partial charge >= 0.3 is 5.63 Å². The van der Waals surface area contributed by atoms with Crippen LogP contribution in [-0.4, -0.2) is 16.8 Å². The summed E-state index contributed by atoms with van der Waals surface area (Å²) in [5, 5.41) is 3.60. The highest BCUT2D eigenvalue weighted by Crippen LogP contribution is 2.20. The number of hydrogen-bond donors (Lipinski definition) is 3. The van der Waals surface area contributed by atoms with Crippen LogP contribution in [0.4, 0.5) is 5.69 Å². The molecule has 0 radical (unpaired) electrons. The van der Waals surface area contributed by atoms with Gasteiger partial charge < -0.3 is 9.73 Å². The SMILES string of the molecule is CCC(=O)Nc1ccc2c(C)cc(=O)oc2c1.NNC(=O)c1ccncc1. The first kappa shape index (κ1) is 19.8. The summed E-state index contributed by atoms with van der Waals surface area (Å²) in [4.78, 5) is 37.0. The first-order valence-corrected chi connectivity index (χ1v) is 8.20. The van der Waals surface area contributed by atoms with Gasteiger partial charge in [-0.05, 0) is 36.8 Å². The number of fused-ring (bicyclic) bond motifs is 1. The maximum atomic E-state index is 11.2. The average Bonchev–Trinajstić information content (AvgIpc) is 2.68. The molecule has 0 spiro atoms. The molecule has 1 aromatic carbocycles. The Bertz CT molecular complexity index is 1000. The molecule has 27 heavy (non-hydrogen) atoms. The molecule has 4 N–H and O–H groups in total. The Hall–Kier alpha value is -3.52. The molecule has 8 nitrogen and oxygen atoms in total. The van der Waals surface area contributed by atoms with E-state index in [2.05, 4.69) is 10.3 Å². The number of rotatable bonds is 3. The Kier molecular flexibility index (Phi) is 6.79. The lowest BCUT2D eigenvalue weighted by Gasteiger charge is -2.05. The summed E-state index contributed by atoms with van der Waals surface area (Å²) in [6, 6.07) is 9.91. The second-order valence-corrected chi connectivity index (χ2v) is 5.57. The number of anilines is 1. The van der Waals surface area contributed by atoms with Gasteiger partial charge in [0.05, 0.1) is 0 Å². The van der Waals surface area contributed by atoms with Crippen LogP contribution in [0, 0.1) is 6.92 Å². The molecule has 0 saturated heterocycles. The van der Waals surface area contributed by atoms with E-state index in [1.54, 1.807) is 31.2 Å². The number of hydrogen-bond acceptors (Lipinski definition) is 6. The maximum Gasteiger partial charge on any atom is 0.336 e. The molecule has 0 aliphatic carbocycles. The number of amides is 2. The van der Waals surface area contributed by atoms with Gasteiger partial charge in [0.1, 0.15) is 5.58 Å². The molecule has 0 aliphatic rings. The quantitative estimate of drug-likeness (QED) is 0.281. The van der Waals surface area contributed by atoms with Crippen molar-refractivity contribution in [3.8, 4) is 0 Å². The molecular weight excluding hydrogens is 348 g/mol. The van der Waals surface area contributed by atoms with Crippen LogP contribution in [-0.2, 0) is 4.79 Å². The highest BCUT2D eigenvalue weighted by molar-refractivity contribution is 5.94. The maximum absolute atomic E-state index is 11.2. The van der Waals surface area contributed by atoms with Gasteiger partial charge in [0.2, 0.25) is 5.91 Å². The van der Waals surface area contributed by atoms with E-state index in [0.717, 1.165) is 10.9 Å². The van der Waals surface area contributed by atoms with Gasteiger partial charge in [0, 0.05) is 47.6 Å². The number of hydrazine groups is 1. The minimum atomic E-state index is -0.381. The number of aryl methyl sites for hydroxylation is 1. The summed E-state index contributed by atoms with van der Waals surface area (Å²) >= 11 is 0. The molecule has 3 rings (SSSR count). The third-order valence-electron chi connectivity index (χ3n) is 3.63. The zero-order valence-corrected chi connectivity index (χ0v) is 15.0. The highest BCUT2D eigenvalue weighted by Gasteiger charge is 2.05. The van der Waals surface area contributed by atoms with Gasteiger partial charge in [-0.25, -0.2) is 10.6 Å². The largest absolute Gasteiger partial charge is 0.423 e. The first-order chi connectivity index (χ1) is 12.9. The van der Waals surface area contributed by atoms with Crippen LogP contribution < -0.4 is 22.2 Å². The number of aromatic nitrogens is 1. The molecule has 140 valence electrons. The van der Waals surface area contributed by atoms with Crippen LogP contribution in [0.1, 0.15) is 29.3 Å². The van der Waals surface area contributed by atoms with Crippen LogP contribution in [0.15, 0.2) is 58.0 Å². The summed E-state index contributed by atoms with van der Waals surface area (Å²) in [5.41, 5.74) is 4.14. The van der Waals surface area contributed by atoms with Gasteiger partial charge in [0.25, 0.3) is 5.91 Å². The standard InChI is InChI=1S/C13H13NO3.C6H7N3O/c1-3-12(15)14-9-4-5-10-8(2)6-13(16)17-11(10)7-9;7-9-6(10)5-1-3-8-4-2-5/h4-7H,3H2,1-2H3,(H,14,15);1-4H,7H2,(H,9,10). The second kappa shape index (κ2) is 9.25. The Morgan fingerprint density at radius 3 is 2.48 bits per heavy atom. The van der Waals surface area contributed by atoms with Crippen molar-refractivity contribution in [1.82, 2.24) is 10.4 Å². The van der Waals surface area contributed by atoms with Crippen LogP contribution in [0.2, 0.25) is 0 Å². The highest BCUT2D eigenvalue weighted by atomic mass is 16.4. The molecule has 3 aromatic rings. The molecule has 0 saturated carbocycles. The van der Waals surface area contributed by atoms with Crippen molar-refractivity contribution in [2.24, 2.45) is 5.84 Å². The van der Waals surface area contributed by atoms with Gasteiger partial charge in [-0.2, -0.15) is 0 Å². The predicted octanol–water partition coefficient (Wildman–Crippen LogP) is 2.14. The minimum Gasteiger partial charge on any atom is -0.423 e. The second-order valence-electron chi connectivity index (χ2n) is 5.57. The van der Waals surface area contributed by atoms with E-state index in [4.69, 9.17) is 10.3 Å². The average molecular weight is 368 g/mol. The molecule has 8 heteroatoms. The third-order valence-corrected chi connectivity index (χ3v) is 3.63. The number of pyridine rings is 1. The third kappa shape index (κ3) is 5.48. The Morgan fingerprint density at radius 1 is 1.15 bits per heavy atom. The number of nitrogens with two attached hydrogens (primary N) is 1. The van der Waals surface area contributed by atoms with E-state index in [9.17, 15) is 14.4 Å². The van der Waals surface area contributed by atoms with Crippen molar-refractivity contribution < 1.29 is 14.0 Å². The van der Waals surface area contributed by atoms with Crippen molar-refractivity contribution in [3.05, 3.63) is 70.3 Å². The zero-order valence-electron chi connectivity index (χ0n) is 15.0. The lowest BCUT2D eigenvalue weighted by molar-refractivity contribution is -0.115. The Balaban J connectivity index is 0.000000223. The smallest absolute Gasteiger partial charge is 0.336 e. The fraction of sp³-hybridized carbons (Fsp3) is 0.158. The minimum absolute atomic E-state index is 0.0700. The normalized spacial score (nSPS) is 9.89. The van der Waals surface area contributed by atoms with Gasteiger partial charge in [-0.1, -0.05) is 6.92 Å². The molecule has 0 unspecified atom stereocenters. The fourth-order valence-electron chi connectivity index (χ4n) is 2.24. The summed E-state index contributed by atoms with van der Waals surface area (Å²) in [6.07, 6.45) is 3.48. The van der Waals surface area contributed by atoms with Crippen molar-refractivity contribution >= 4 is 28.5 Å². The van der Waals surface area contributed by atoms with Gasteiger partial charge in [-0.3, -0.25) is 20.0 Å². The Labute approximate surface area is 155 Å². The van der Waals surface area contributed by atoms with E-state index < -0.39 is 0 Å². The number of carbonyl (C=O) groups excluding carboxylic acids is 2. The van der Waals surface area contributed by atoms with Crippen LogP contribution >= 0.6 is 0 Å². The van der Waals surface area contributed by atoms with Crippen molar-refractivity contribution in [2.75, 3.05) is 5.32 Å². The molecule has 2 aromatic heterocycles. The summed E-state index contributed by atoms with van der Waals surface area (Å²) in [5.74, 6) is 4.51. The van der Waals surface area contributed by atoms with E-state index in [1.807, 2.05) is 18.4 Å². The van der Waals surface area contributed by atoms with E-state index in [-0.39, 0.29) is 17.4 Å². The number of carbonyl (C=O) groups is 2. The topological polar surface area (TPSA) is 127 Å². The van der Waals surface area contributed by atoms with Gasteiger partial charge in [0.15, 0.2) is 0 Å². The molecular formula is C19H20N4O4. The lowest BCUT2D eigenvalue weighted by atomic mass is 10.1. The zero-order chi connectivity index (χ0) is 19.8. The predicted molar refractivity (Wildman–Crippen MR) is 102 cm³/mol. The van der Waals surface area contributed by atoms with Crippen molar-refractivity contribution in [2.45, 2.75) is 20.3 Å². The number of nitrogens with zero attached hydrogens (tertiary/aromatic N) is 1. The fourth-order valence-corrected chi connectivity index (χ4v) is 2.24. The van der Waals surface area contributed by atoms with E-state index in [1.165, 1.54) is 18.5 Å². The lowest BCUT2D eigenvalue weighted by Crippen LogP contribution is -2.29. The number of nitrogens with one attached hydrogen (secondary N) is 2. The van der Waals surface area contributed by atoms with Crippen LogP contribution in [0.5, 0.6) is 0 Å². The monoisotopic (exact) mass is 368 g/mol. The van der Waals surface area contributed by atoms with Crippen LogP contribution in [0.3, 0.4) is 0 Å². The first-order valence-electron chi connectivity index (χ1n) is 8.20. The van der Waals surface area contributed by atoms with Crippen molar-refractivity contribution in [1.29, 1.82) is 0 Å². The summed E-state index contributed by atoms with van der Waals surface area (Å²) in [7, 11) is 0. The van der Waals surface area contributed by atoms with Crippen molar-refractivity contribution in [3.63, 3.8) is 0 Å². The van der Waals surface area contributed by atoms with E-state index in [0.29, 0.717) is 23.3 Å².